The molecule has 1 fully saturated rings. The number of aromatic amines is 1. The van der Waals surface area contributed by atoms with Gasteiger partial charge in [-0.25, -0.2) is 13.1 Å². The summed E-state index contributed by atoms with van der Waals surface area (Å²) in [6.07, 6.45) is 2.55. The van der Waals surface area contributed by atoms with Crippen molar-refractivity contribution in [3.8, 4) is 0 Å². The van der Waals surface area contributed by atoms with Crippen molar-refractivity contribution < 1.29 is 18.3 Å². The van der Waals surface area contributed by atoms with Gasteiger partial charge in [0, 0.05) is 24.3 Å². The Hall–Kier alpha value is -0.960. The van der Waals surface area contributed by atoms with Crippen LogP contribution in [0.1, 0.15) is 25.3 Å². The Labute approximate surface area is 106 Å². The van der Waals surface area contributed by atoms with Crippen LogP contribution < -0.4 is 4.72 Å². The molecule has 0 spiro atoms. The highest BCUT2D eigenvalue weighted by atomic mass is 32.2. The van der Waals surface area contributed by atoms with E-state index < -0.39 is 15.6 Å². The Morgan fingerprint density at radius 2 is 2.22 bits per heavy atom. The summed E-state index contributed by atoms with van der Waals surface area (Å²) in [6.45, 7) is 2.55. The lowest BCUT2D eigenvalue weighted by Crippen LogP contribution is -2.49. The van der Waals surface area contributed by atoms with Crippen molar-refractivity contribution in [1.29, 1.82) is 0 Å². The predicted molar refractivity (Wildman–Crippen MR) is 63.3 cm³/mol. The van der Waals surface area contributed by atoms with Crippen molar-refractivity contribution >= 4 is 10.0 Å². The normalized spacial score (nSPS) is 19.9. The van der Waals surface area contributed by atoms with Crippen LogP contribution in [0.2, 0.25) is 0 Å². The zero-order valence-electron chi connectivity index (χ0n) is 10.1. The number of rotatable bonds is 4. The van der Waals surface area contributed by atoms with Crippen molar-refractivity contribution in [2.45, 2.75) is 36.9 Å². The summed E-state index contributed by atoms with van der Waals surface area (Å²) < 4.78 is 32.3. The van der Waals surface area contributed by atoms with E-state index in [2.05, 4.69) is 14.9 Å². The molecule has 0 amide bonds. The highest BCUT2D eigenvalue weighted by Crippen LogP contribution is 2.23. The third kappa shape index (κ3) is 2.72. The van der Waals surface area contributed by atoms with E-state index in [0.717, 1.165) is 0 Å². The van der Waals surface area contributed by atoms with Crippen molar-refractivity contribution in [2.24, 2.45) is 0 Å². The molecular formula is C10H17N3O4S. The highest BCUT2D eigenvalue weighted by molar-refractivity contribution is 7.89. The number of aliphatic hydroxyl groups excluding tert-OH is 1. The van der Waals surface area contributed by atoms with Crippen molar-refractivity contribution in [3.63, 3.8) is 0 Å². The van der Waals surface area contributed by atoms with Crippen LogP contribution in [0.4, 0.5) is 0 Å². The number of nitrogens with one attached hydrogen (secondary N) is 2. The zero-order valence-corrected chi connectivity index (χ0v) is 11.0. The van der Waals surface area contributed by atoms with Crippen LogP contribution in [0.5, 0.6) is 0 Å². The second-order valence-electron chi connectivity index (χ2n) is 4.66. The third-order valence-corrected chi connectivity index (χ3v) is 4.75. The number of aliphatic hydroxyl groups is 1. The van der Waals surface area contributed by atoms with Crippen LogP contribution in [0, 0.1) is 0 Å². The summed E-state index contributed by atoms with van der Waals surface area (Å²) in [6, 6.07) is 0. The molecule has 18 heavy (non-hydrogen) atoms. The Morgan fingerprint density at radius 3 is 2.83 bits per heavy atom. The monoisotopic (exact) mass is 275 g/mol. The molecule has 1 aromatic heterocycles. The molecule has 0 aromatic carbocycles. The molecular weight excluding hydrogens is 258 g/mol. The Morgan fingerprint density at radius 1 is 1.56 bits per heavy atom. The quantitative estimate of drug-likeness (QED) is 0.703. The SMILES string of the molecule is CC1(NS(=O)(=O)c2[nH]ncc2CO)CCOCC1. The van der Waals surface area contributed by atoms with E-state index in [1.165, 1.54) is 6.20 Å². The van der Waals surface area contributed by atoms with E-state index in [1.54, 1.807) is 0 Å². The maximum atomic E-state index is 12.2. The molecule has 3 N–H and O–H groups in total. The van der Waals surface area contributed by atoms with Crippen LogP contribution in [-0.2, 0) is 21.4 Å². The first-order valence-corrected chi connectivity index (χ1v) is 7.20. The molecule has 2 heterocycles. The summed E-state index contributed by atoms with van der Waals surface area (Å²) in [4.78, 5) is 0. The minimum atomic E-state index is -3.70. The van der Waals surface area contributed by atoms with Gasteiger partial charge in [-0.15, -0.1) is 0 Å². The van der Waals surface area contributed by atoms with Gasteiger partial charge in [0.1, 0.15) is 0 Å². The lowest BCUT2D eigenvalue weighted by molar-refractivity contribution is 0.0537. The first kappa shape index (κ1) is 13.5. The molecule has 0 radical (unpaired) electrons. The van der Waals surface area contributed by atoms with Gasteiger partial charge < -0.3 is 9.84 Å². The molecule has 102 valence electrons. The highest BCUT2D eigenvalue weighted by Gasteiger charge is 2.34. The number of nitrogens with zero attached hydrogens (tertiary/aromatic N) is 1. The van der Waals surface area contributed by atoms with Gasteiger partial charge in [0.05, 0.1) is 12.8 Å². The average molecular weight is 275 g/mol. The number of sulfonamides is 1. The number of H-pyrrole nitrogens is 1. The molecule has 1 aliphatic heterocycles. The van der Waals surface area contributed by atoms with Gasteiger partial charge in [0.2, 0.25) is 0 Å². The van der Waals surface area contributed by atoms with Crippen LogP contribution in [0.15, 0.2) is 11.2 Å². The Balaban J connectivity index is 2.21. The van der Waals surface area contributed by atoms with E-state index in [4.69, 9.17) is 9.84 Å². The van der Waals surface area contributed by atoms with E-state index in [9.17, 15) is 8.42 Å². The fourth-order valence-corrected chi connectivity index (χ4v) is 3.53. The molecule has 2 rings (SSSR count). The molecule has 1 aliphatic rings. The van der Waals surface area contributed by atoms with Crippen molar-refractivity contribution in [3.05, 3.63) is 11.8 Å². The van der Waals surface area contributed by atoms with Gasteiger partial charge in [0.15, 0.2) is 5.03 Å². The van der Waals surface area contributed by atoms with E-state index in [0.29, 0.717) is 26.1 Å². The minimum Gasteiger partial charge on any atom is -0.392 e. The molecule has 0 saturated carbocycles. The number of ether oxygens (including phenoxy) is 1. The summed E-state index contributed by atoms with van der Waals surface area (Å²) in [5, 5.41) is 15.1. The molecule has 1 aromatic rings. The molecule has 0 atom stereocenters. The largest absolute Gasteiger partial charge is 0.392 e. The number of hydrogen-bond donors (Lipinski definition) is 3. The first-order chi connectivity index (χ1) is 8.47. The second kappa shape index (κ2) is 4.96. The van der Waals surface area contributed by atoms with Gasteiger partial charge in [-0.3, -0.25) is 5.10 Å². The minimum absolute atomic E-state index is 0.0716. The second-order valence-corrected chi connectivity index (χ2v) is 6.28. The molecule has 0 aliphatic carbocycles. The van der Waals surface area contributed by atoms with Gasteiger partial charge in [-0.2, -0.15) is 5.10 Å². The summed E-state index contributed by atoms with van der Waals surface area (Å²) in [5.74, 6) is 0. The number of aromatic nitrogens is 2. The molecule has 0 bridgehead atoms. The predicted octanol–water partition coefficient (Wildman–Crippen LogP) is -0.251. The fraction of sp³-hybridized carbons (Fsp3) is 0.700. The summed E-state index contributed by atoms with van der Waals surface area (Å²) >= 11 is 0. The fourth-order valence-electron chi connectivity index (χ4n) is 1.94. The molecule has 8 heteroatoms. The van der Waals surface area contributed by atoms with Crippen LogP contribution in [0.25, 0.3) is 0 Å². The molecule has 0 unspecified atom stereocenters. The average Bonchev–Trinajstić information content (AvgIpc) is 2.77. The maximum Gasteiger partial charge on any atom is 0.258 e. The smallest absolute Gasteiger partial charge is 0.258 e. The van der Waals surface area contributed by atoms with E-state index in [1.807, 2.05) is 6.92 Å². The van der Waals surface area contributed by atoms with Gasteiger partial charge in [0.25, 0.3) is 10.0 Å². The van der Waals surface area contributed by atoms with Gasteiger partial charge >= 0.3 is 0 Å². The third-order valence-electron chi connectivity index (χ3n) is 3.09. The van der Waals surface area contributed by atoms with E-state index >= 15 is 0 Å². The van der Waals surface area contributed by atoms with Crippen molar-refractivity contribution in [2.75, 3.05) is 13.2 Å². The summed E-state index contributed by atoms with van der Waals surface area (Å²) in [7, 11) is -3.70. The topological polar surface area (TPSA) is 104 Å². The van der Waals surface area contributed by atoms with Crippen LogP contribution in [0.3, 0.4) is 0 Å². The van der Waals surface area contributed by atoms with Gasteiger partial charge in [-0.05, 0) is 19.8 Å². The van der Waals surface area contributed by atoms with E-state index in [-0.39, 0.29) is 17.2 Å². The molecule has 7 nitrogen and oxygen atoms in total. The maximum absolute atomic E-state index is 12.2. The van der Waals surface area contributed by atoms with Crippen LogP contribution >= 0.6 is 0 Å². The molecule has 1 saturated heterocycles. The van der Waals surface area contributed by atoms with Crippen LogP contribution in [-0.4, -0.2) is 42.5 Å². The number of hydrogen-bond acceptors (Lipinski definition) is 5. The van der Waals surface area contributed by atoms with Crippen molar-refractivity contribution in [1.82, 2.24) is 14.9 Å². The lowest BCUT2D eigenvalue weighted by Gasteiger charge is -2.33. The first-order valence-electron chi connectivity index (χ1n) is 5.72. The Kier molecular flexibility index (Phi) is 3.71. The Bertz CT molecular complexity index is 505. The lowest BCUT2D eigenvalue weighted by atomic mass is 9.94. The zero-order chi connectivity index (χ0) is 13.2. The van der Waals surface area contributed by atoms with Gasteiger partial charge in [-0.1, -0.05) is 0 Å². The standard InChI is InChI=1S/C10H17N3O4S/c1-10(2-4-17-5-3-10)13-18(15,16)9-8(7-14)6-11-12-9/h6,13-14H,2-5,7H2,1H3,(H,11,12). The summed E-state index contributed by atoms with van der Waals surface area (Å²) in [5.41, 5.74) is -0.257.